The summed E-state index contributed by atoms with van der Waals surface area (Å²) >= 11 is 5.99. The Labute approximate surface area is 209 Å². The monoisotopic (exact) mass is 573 g/mol. The summed E-state index contributed by atoms with van der Waals surface area (Å²) in [5.41, 5.74) is 1.29. The van der Waals surface area contributed by atoms with Crippen LogP contribution in [0, 0.1) is 5.82 Å². The number of carbonyl (C=O) groups is 2. The zero-order valence-electron chi connectivity index (χ0n) is 17.7. The highest BCUT2D eigenvalue weighted by molar-refractivity contribution is 14.0. The van der Waals surface area contributed by atoms with E-state index in [1.54, 1.807) is 25.2 Å². The van der Waals surface area contributed by atoms with Crippen LogP contribution in [0.15, 0.2) is 53.5 Å². The van der Waals surface area contributed by atoms with Gasteiger partial charge in [-0.15, -0.1) is 24.0 Å². The van der Waals surface area contributed by atoms with Crippen molar-refractivity contribution in [2.75, 3.05) is 45.1 Å². The molecule has 32 heavy (non-hydrogen) atoms. The minimum atomic E-state index is -0.413. The Balaban J connectivity index is 0.00000363. The average Bonchev–Trinajstić information content (AvgIpc) is 2.74. The third-order valence-corrected chi connectivity index (χ3v) is 5.14. The highest BCUT2D eigenvalue weighted by Crippen LogP contribution is 2.13. The van der Waals surface area contributed by atoms with Crippen LogP contribution in [0.1, 0.15) is 5.56 Å². The molecule has 0 aromatic heterocycles. The number of guanidine groups is 1. The summed E-state index contributed by atoms with van der Waals surface area (Å²) in [6, 6.07) is 13.0. The van der Waals surface area contributed by atoms with Gasteiger partial charge in [0.25, 0.3) is 0 Å². The minimum Gasteiger partial charge on any atom is -0.347 e. The van der Waals surface area contributed by atoms with Gasteiger partial charge in [-0.2, -0.15) is 0 Å². The van der Waals surface area contributed by atoms with Gasteiger partial charge in [0.05, 0.1) is 13.0 Å². The molecule has 1 aliphatic rings. The molecule has 1 fully saturated rings. The molecule has 1 aliphatic heterocycles. The van der Waals surface area contributed by atoms with Crippen molar-refractivity contribution in [2.45, 2.75) is 6.42 Å². The van der Waals surface area contributed by atoms with E-state index in [0.29, 0.717) is 49.3 Å². The van der Waals surface area contributed by atoms with E-state index < -0.39 is 5.82 Å². The molecule has 3 rings (SSSR count). The predicted octanol–water partition coefficient (Wildman–Crippen LogP) is 3.00. The van der Waals surface area contributed by atoms with E-state index >= 15 is 0 Å². The first-order valence-corrected chi connectivity index (χ1v) is 10.4. The Morgan fingerprint density at radius 3 is 2.41 bits per heavy atom. The van der Waals surface area contributed by atoms with Crippen molar-refractivity contribution >= 4 is 59.0 Å². The number of hydrogen-bond acceptors (Lipinski definition) is 3. The Kier molecular flexibility index (Phi) is 10.2. The molecule has 7 nitrogen and oxygen atoms in total. The highest BCUT2D eigenvalue weighted by Gasteiger charge is 2.23. The van der Waals surface area contributed by atoms with Gasteiger partial charge in [-0.1, -0.05) is 29.8 Å². The van der Waals surface area contributed by atoms with Crippen LogP contribution in [0.25, 0.3) is 0 Å². The number of piperazine rings is 1. The predicted molar refractivity (Wildman–Crippen MR) is 135 cm³/mol. The maximum atomic E-state index is 13.2. The summed E-state index contributed by atoms with van der Waals surface area (Å²) in [7, 11) is 1.64. The molecule has 2 aromatic carbocycles. The molecule has 2 N–H and O–H groups in total. The lowest BCUT2D eigenvalue weighted by atomic mass is 10.1. The first kappa shape index (κ1) is 25.9. The largest absolute Gasteiger partial charge is 0.347 e. The molecule has 1 heterocycles. The molecule has 0 spiro atoms. The molecule has 10 heteroatoms. The first-order chi connectivity index (χ1) is 14.9. The zero-order valence-corrected chi connectivity index (χ0v) is 20.8. The number of anilines is 1. The second kappa shape index (κ2) is 12.6. The molecule has 2 aromatic rings. The summed E-state index contributed by atoms with van der Waals surface area (Å²) in [6.07, 6.45) is 0.313. The van der Waals surface area contributed by atoms with Crippen molar-refractivity contribution in [3.63, 3.8) is 0 Å². The highest BCUT2D eigenvalue weighted by atomic mass is 127. The van der Waals surface area contributed by atoms with E-state index in [-0.39, 0.29) is 42.3 Å². The number of nitrogens with one attached hydrogen (secondary N) is 2. The van der Waals surface area contributed by atoms with Gasteiger partial charge in [-0.25, -0.2) is 4.39 Å². The van der Waals surface area contributed by atoms with E-state index in [0.717, 1.165) is 5.56 Å². The lowest BCUT2D eigenvalue weighted by Crippen LogP contribution is -2.54. The zero-order chi connectivity index (χ0) is 22.2. The van der Waals surface area contributed by atoms with Crippen LogP contribution >= 0.6 is 35.6 Å². The van der Waals surface area contributed by atoms with Crippen LogP contribution in [-0.2, 0) is 16.0 Å². The number of hydrogen-bond donors (Lipinski definition) is 2. The molecule has 0 unspecified atom stereocenters. The smallest absolute Gasteiger partial charge is 0.243 e. The fourth-order valence-electron chi connectivity index (χ4n) is 3.36. The van der Waals surface area contributed by atoms with Crippen LogP contribution in [0.3, 0.4) is 0 Å². The fraction of sp³-hybridized carbons (Fsp3) is 0.318. The topological polar surface area (TPSA) is 77.0 Å². The van der Waals surface area contributed by atoms with Crippen molar-refractivity contribution in [1.29, 1.82) is 0 Å². The normalized spacial score (nSPS) is 13.9. The van der Waals surface area contributed by atoms with E-state index in [4.69, 9.17) is 11.6 Å². The lowest BCUT2D eigenvalue weighted by molar-refractivity contribution is -0.131. The third-order valence-electron chi connectivity index (χ3n) is 4.90. The molecule has 0 bridgehead atoms. The number of halogens is 3. The summed E-state index contributed by atoms with van der Waals surface area (Å²) in [5.74, 6) is -0.0814. The average molecular weight is 574 g/mol. The number of aliphatic imine (C=N–C) groups is 1. The lowest BCUT2D eigenvalue weighted by Gasteiger charge is -2.36. The molecule has 0 aliphatic carbocycles. The maximum absolute atomic E-state index is 13.2. The summed E-state index contributed by atoms with van der Waals surface area (Å²) in [5, 5.41) is 6.27. The van der Waals surface area contributed by atoms with Crippen LogP contribution < -0.4 is 10.6 Å². The van der Waals surface area contributed by atoms with E-state index in [2.05, 4.69) is 15.6 Å². The van der Waals surface area contributed by atoms with Gasteiger partial charge in [0, 0.05) is 43.9 Å². The van der Waals surface area contributed by atoms with Crippen LogP contribution in [-0.4, -0.2) is 67.3 Å². The van der Waals surface area contributed by atoms with E-state index in [1.807, 2.05) is 21.9 Å². The number of rotatable bonds is 5. The summed E-state index contributed by atoms with van der Waals surface area (Å²) < 4.78 is 13.2. The number of carbonyl (C=O) groups excluding carboxylic acids is 2. The van der Waals surface area contributed by atoms with Gasteiger partial charge in [-0.3, -0.25) is 14.6 Å². The van der Waals surface area contributed by atoms with E-state index in [1.165, 1.54) is 18.2 Å². The molecule has 2 amide bonds. The fourth-order valence-corrected chi connectivity index (χ4v) is 3.58. The second-order valence-electron chi connectivity index (χ2n) is 7.13. The Morgan fingerprint density at radius 2 is 1.75 bits per heavy atom. The van der Waals surface area contributed by atoms with Gasteiger partial charge < -0.3 is 20.4 Å². The molecule has 0 radical (unpaired) electrons. The number of amides is 2. The van der Waals surface area contributed by atoms with Crippen molar-refractivity contribution in [1.82, 2.24) is 15.1 Å². The van der Waals surface area contributed by atoms with Crippen LogP contribution in [0.2, 0.25) is 5.02 Å². The summed E-state index contributed by atoms with van der Waals surface area (Å²) in [4.78, 5) is 32.8. The van der Waals surface area contributed by atoms with E-state index in [9.17, 15) is 14.0 Å². The number of nitrogens with zero attached hydrogens (tertiary/aromatic N) is 3. The van der Waals surface area contributed by atoms with Crippen molar-refractivity contribution in [2.24, 2.45) is 4.99 Å². The van der Waals surface area contributed by atoms with Crippen molar-refractivity contribution in [3.8, 4) is 0 Å². The Morgan fingerprint density at radius 1 is 1.06 bits per heavy atom. The van der Waals surface area contributed by atoms with Crippen LogP contribution in [0.4, 0.5) is 10.1 Å². The van der Waals surface area contributed by atoms with Gasteiger partial charge in [0.1, 0.15) is 5.82 Å². The van der Waals surface area contributed by atoms with Gasteiger partial charge in [0.15, 0.2) is 5.96 Å². The molecule has 1 saturated heterocycles. The molecular weight excluding hydrogens is 548 g/mol. The minimum absolute atomic E-state index is 0. The maximum Gasteiger partial charge on any atom is 0.243 e. The standard InChI is InChI=1S/C22H25ClFN5O2.HI/c1-25-22(26-15-20(30)27-19-7-3-6-18(24)14-19)29-10-8-28(9-11-29)21(31)13-16-4-2-5-17(23)12-16;/h2-7,12,14H,8-11,13,15H2,1H3,(H,25,26)(H,27,30);1H. The second-order valence-corrected chi connectivity index (χ2v) is 7.57. The van der Waals surface area contributed by atoms with Crippen molar-refractivity contribution < 1.29 is 14.0 Å². The summed E-state index contributed by atoms with van der Waals surface area (Å²) in [6.45, 7) is 2.33. The van der Waals surface area contributed by atoms with Gasteiger partial charge in [0.2, 0.25) is 11.8 Å². The first-order valence-electron chi connectivity index (χ1n) is 9.98. The van der Waals surface area contributed by atoms with Crippen molar-refractivity contribution in [3.05, 3.63) is 64.9 Å². The SMILES string of the molecule is CN=C(NCC(=O)Nc1cccc(F)c1)N1CCN(C(=O)Cc2cccc(Cl)c2)CC1.I. The third kappa shape index (κ3) is 7.63. The van der Waals surface area contributed by atoms with Gasteiger partial charge in [-0.05, 0) is 35.9 Å². The van der Waals surface area contributed by atoms with Gasteiger partial charge >= 0.3 is 0 Å². The Hall–Kier alpha value is -2.40. The molecule has 172 valence electrons. The molecule has 0 saturated carbocycles. The Bertz CT molecular complexity index is 967. The molecular formula is C22H26ClFIN5O2. The van der Waals surface area contributed by atoms with Crippen LogP contribution in [0.5, 0.6) is 0 Å². The quantitative estimate of drug-likeness (QED) is 0.328. The number of benzene rings is 2. The molecule has 0 atom stereocenters.